The number of carbonyl (C=O) groups is 6. The van der Waals surface area contributed by atoms with Crippen LogP contribution >= 0.6 is 0 Å². The molecule has 0 aliphatic carbocycles. The average Bonchev–Trinajstić information content (AvgIpc) is 3.01. The molecule has 2 saturated heterocycles. The van der Waals surface area contributed by atoms with Crippen molar-refractivity contribution in [2.45, 2.75) is 32.7 Å². The van der Waals surface area contributed by atoms with Gasteiger partial charge in [0.25, 0.3) is 11.8 Å². The smallest absolute Gasteiger partial charge is 0.409 e. The molecule has 0 spiro atoms. The molecule has 15 nitrogen and oxygen atoms in total. The Morgan fingerprint density at radius 3 is 2.45 bits per heavy atom. The lowest BCUT2D eigenvalue weighted by atomic mass is 10.1. The molecule has 4 rings (SSSR count). The molecule has 0 bridgehead atoms. The molecule has 1 unspecified atom stereocenters. The van der Waals surface area contributed by atoms with Gasteiger partial charge in [0, 0.05) is 57.1 Å². The van der Waals surface area contributed by atoms with E-state index >= 15 is 0 Å². The number of nitrogens with one attached hydrogen (secondary N) is 2. The number of aryl methyl sites for hydroxylation is 1. The Morgan fingerprint density at radius 1 is 1.05 bits per heavy atom. The highest BCUT2D eigenvalue weighted by atomic mass is 16.6. The van der Waals surface area contributed by atoms with E-state index in [2.05, 4.69) is 15.6 Å². The molecule has 2 aliphatic heterocycles. The molecule has 44 heavy (non-hydrogen) atoms. The number of ether oxygens (including phenoxy) is 2. The zero-order chi connectivity index (χ0) is 31.8. The highest BCUT2D eigenvalue weighted by Crippen LogP contribution is 2.27. The van der Waals surface area contributed by atoms with Gasteiger partial charge in [-0.05, 0) is 38.0 Å². The third-order valence-corrected chi connectivity index (χ3v) is 7.27. The molecule has 1 atom stereocenters. The zero-order valence-corrected chi connectivity index (χ0v) is 24.7. The quantitative estimate of drug-likeness (QED) is 0.333. The second kappa shape index (κ2) is 14.5. The summed E-state index contributed by atoms with van der Waals surface area (Å²) in [6.07, 6.45) is -1.00. The van der Waals surface area contributed by atoms with Crippen LogP contribution < -0.4 is 15.4 Å². The predicted octanol–water partition coefficient (Wildman–Crippen LogP) is 0.144. The fraction of sp³-hybridized carbons (Fsp3) is 0.483. The first-order chi connectivity index (χ1) is 21.0. The predicted molar refractivity (Wildman–Crippen MR) is 155 cm³/mol. The van der Waals surface area contributed by atoms with Crippen molar-refractivity contribution in [2.24, 2.45) is 0 Å². The number of carboxylic acids is 1. The van der Waals surface area contributed by atoms with Crippen LogP contribution in [0.5, 0.6) is 5.75 Å². The van der Waals surface area contributed by atoms with E-state index in [0.29, 0.717) is 24.0 Å². The molecular formula is C29H36N6O9. The van der Waals surface area contributed by atoms with Gasteiger partial charge in [-0.15, -0.1) is 0 Å². The Bertz CT molecular complexity index is 1440. The van der Waals surface area contributed by atoms with Crippen LogP contribution in [0.2, 0.25) is 0 Å². The number of amides is 5. The Morgan fingerprint density at radius 2 is 1.77 bits per heavy atom. The van der Waals surface area contributed by atoms with Crippen LogP contribution in [-0.4, -0.2) is 126 Å². The fourth-order valence-corrected chi connectivity index (χ4v) is 4.93. The van der Waals surface area contributed by atoms with E-state index in [0.717, 1.165) is 5.56 Å². The summed E-state index contributed by atoms with van der Waals surface area (Å²) in [6, 6.07) is 5.52. The molecule has 2 fully saturated rings. The van der Waals surface area contributed by atoms with Gasteiger partial charge in [-0.2, -0.15) is 0 Å². The molecule has 0 radical (unpaired) electrons. The lowest BCUT2D eigenvalue weighted by Gasteiger charge is -2.35. The number of benzene rings is 1. The lowest BCUT2D eigenvalue weighted by Crippen LogP contribution is -2.56. The van der Waals surface area contributed by atoms with Crippen LogP contribution in [0.25, 0.3) is 10.9 Å². The topological polar surface area (TPSA) is 188 Å². The molecule has 1 aromatic carbocycles. The molecule has 15 heteroatoms. The number of carboxylic acid groups (broad SMARTS) is 1. The Labute approximate surface area is 253 Å². The van der Waals surface area contributed by atoms with Gasteiger partial charge >= 0.3 is 12.1 Å². The first-order valence-electron chi connectivity index (χ1n) is 14.4. The monoisotopic (exact) mass is 612 g/mol. The van der Waals surface area contributed by atoms with Crippen molar-refractivity contribution in [2.75, 3.05) is 59.0 Å². The number of carbonyl (C=O) groups excluding carboxylic acids is 5. The van der Waals surface area contributed by atoms with Crippen LogP contribution in [0.3, 0.4) is 0 Å². The van der Waals surface area contributed by atoms with Crippen molar-refractivity contribution in [3.05, 3.63) is 35.5 Å². The molecule has 5 amide bonds. The number of nitrogens with zero attached hydrogens (tertiary/aromatic N) is 4. The highest BCUT2D eigenvalue weighted by Gasteiger charge is 2.31. The van der Waals surface area contributed by atoms with Gasteiger partial charge in [0.15, 0.2) is 6.61 Å². The summed E-state index contributed by atoms with van der Waals surface area (Å²) in [5.74, 6) is -2.79. The fourth-order valence-electron chi connectivity index (χ4n) is 4.93. The number of fused-ring (bicyclic) bond motifs is 1. The van der Waals surface area contributed by atoms with Crippen LogP contribution in [-0.2, 0) is 23.9 Å². The molecule has 2 aromatic rings. The third-order valence-electron chi connectivity index (χ3n) is 7.27. The van der Waals surface area contributed by atoms with E-state index in [1.54, 1.807) is 19.1 Å². The summed E-state index contributed by atoms with van der Waals surface area (Å²) in [7, 11) is 0. The van der Waals surface area contributed by atoms with Gasteiger partial charge < -0.3 is 39.9 Å². The normalized spacial score (nSPS) is 15.8. The van der Waals surface area contributed by atoms with E-state index in [9.17, 15) is 33.9 Å². The van der Waals surface area contributed by atoms with Crippen molar-refractivity contribution >= 4 is 46.6 Å². The number of hydrogen-bond acceptors (Lipinski definition) is 9. The number of aromatic nitrogens is 1. The Balaban J connectivity index is 1.51. The van der Waals surface area contributed by atoms with E-state index in [4.69, 9.17) is 9.47 Å². The SMILES string of the molecule is CCOC(=O)N1CCN(C(=O)C(CCC(=O)O)NC(=O)c2cc(OCC(=O)N3CCNC(=O)C3)c3ccc(C)cc3n2)CC1. The Hall–Kier alpha value is -4.95. The molecular weight excluding hydrogens is 576 g/mol. The van der Waals surface area contributed by atoms with E-state index in [-0.39, 0.29) is 76.1 Å². The molecule has 3 N–H and O–H groups in total. The molecule has 236 valence electrons. The van der Waals surface area contributed by atoms with Crippen molar-refractivity contribution in [3.63, 3.8) is 0 Å². The van der Waals surface area contributed by atoms with Gasteiger partial charge in [0.1, 0.15) is 17.5 Å². The van der Waals surface area contributed by atoms with Crippen LogP contribution in [0.1, 0.15) is 35.8 Å². The summed E-state index contributed by atoms with van der Waals surface area (Å²) in [5.41, 5.74) is 1.18. The van der Waals surface area contributed by atoms with Gasteiger partial charge in [0.05, 0.1) is 18.7 Å². The van der Waals surface area contributed by atoms with Crippen LogP contribution in [0, 0.1) is 6.92 Å². The number of aliphatic carboxylic acids is 1. The largest absolute Gasteiger partial charge is 0.483 e. The van der Waals surface area contributed by atoms with E-state index < -0.39 is 35.8 Å². The van der Waals surface area contributed by atoms with Crippen LogP contribution in [0.15, 0.2) is 24.3 Å². The van der Waals surface area contributed by atoms with Crippen molar-refractivity contribution in [1.29, 1.82) is 0 Å². The number of hydrogen-bond donors (Lipinski definition) is 3. The van der Waals surface area contributed by atoms with Gasteiger partial charge in [-0.3, -0.25) is 24.0 Å². The van der Waals surface area contributed by atoms with Gasteiger partial charge in [-0.1, -0.05) is 6.07 Å². The molecule has 3 heterocycles. The van der Waals surface area contributed by atoms with Crippen molar-refractivity contribution in [3.8, 4) is 5.75 Å². The first kappa shape index (κ1) is 32.0. The summed E-state index contributed by atoms with van der Waals surface area (Å²) in [6.45, 7) is 4.86. The number of rotatable bonds is 10. The maximum Gasteiger partial charge on any atom is 0.409 e. The van der Waals surface area contributed by atoms with Gasteiger partial charge in [-0.25, -0.2) is 9.78 Å². The summed E-state index contributed by atoms with van der Waals surface area (Å²) in [5, 5.41) is 15.1. The van der Waals surface area contributed by atoms with E-state index in [1.807, 2.05) is 13.0 Å². The molecule has 0 saturated carbocycles. The lowest BCUT2D eigenvalue weighted by molar-refractivity contribution is -0.139. The molecule has 2 aliphatic rings. The Kier molecular flexibility index (Phi) is 10.5. The summed E-state index contributed by atoms with van der Waals surface area (Å²) in [4.78, 5) is 83.5. The summed E-state index contributed by atoms with van der Waals surface area (Å²) < 4.78 is 10.8. The minimum Gasteiger partial charge on any atom is -0.483 e. The molecule has 1 aromatic heterocycles. The van der Waals surface area contributed by atoms with Gasteiger partial charge in [0.2, 0.25) is 11.8 Å². The number of piperazine rings is 2. The standard InChI is InChI=1S/C29H36N6O9/c1-3-43-29(42)34-12-10-33(11-13-34)28(41)20(6-7-26(38)39)32-27(40)22-15-23(19-5-4-18(2)14-21(19)31-22)44-17-25(37)35-9-8-30-24(36)16-35/h4-5,14-15,20H,3,6-13,16-17H2,1-2H3,(H,30,36)(H,32,40)(H,38,39). The van der Waals surface area contributed by atoms with Crippen LogP contribution in [0.4, 0.5) is 4.79 Å². The maximum atomic E-state index is 13.5. The first-order valence-corrected chi connectivity index (χ1v) is 14.4. The third kappa shape index (κ3) is 8.11. The van der Waals surface area contributed by atoms with Crippen molar-refractivity contribution in [1.82, 2.24) is 30.3 Å². The minimum atomic E-state index is -1.17. The van der Waals surface area contributed by atoms with E-state index in [1.165, 1.54) is 20.8 Å². The summed E-state index contributed by atoms with van der Waals surface area (Å²) >= 11 is 0. The second-order valence-electron chi connectivity index (χ2n) is 10.4. The highest BCUT2D eigenvalue weighted by molar-refractivity contribution is 5.99. The van der Waals surface area contributed by atoms with Crippen molar-refractivity contribution < 1.29 is 43.3 Å². The zero-order valence-electron chi connectivity index (χ0n) is 24.7. The average molecular weight is 613 g/mol. The number of pyridine rings is 1. The second-order valence-corrected chi connectivity index (χ2v) is 10.4. The maximum absolute atomic E-state index is 13.5. The minimum absolute atomic E-state index is 0.0736.